The van der Waals surface area contributed by atoms with Gasteiger partial charge in [-0.05, 0) is 157 Å². The third kappa shape index (κ3) is 18.1. The average Bonchev–Trinajstić information content (AvgIpc) is 1.62. The van der Waals surface area contributed by atoms with Crippen molar-refractivity contribution >= 4 is 115 Å². The van der Waals surface area contributed by atoms with Gasteiger partial charge in [0.2, 0.25) is 0 Å². The van der Waals surface area contributed by atoms with E-state index in [9.17, 15) is 25.3 Å². The van der Waals surface area contributed by atoms with Gasteiger partial charge in [-0.1, -0.05) is 29.8 Å². The third-order valence-electron chi connectivity index (χ3n) is 22.4. The molecule has 0 saturated carbocycles. The molecule has 0 aliphatic carbocycles. The van der Waals surface area contributed by atoms with Crippen LogP contribution in [0.4, 0.5) is 45.5 Å². The molecule has 31 nitrogen and oxygen atoms in total. The zero-order valence-electron chi connectivity index (χ0n) is 70.4. The van der Waals surface area contributed by atoms with Crippen LogP contribution >= 0.6 is 11.6 Å². The predicted molar refractivity (Wildman–Crippen MR) is 472 cm³/mol. The topological polar surface area (TPSA) is 356 Å². The predicted octanol–water partition coefficient (Wildman–Crippen LogP) is 14.1. The summed E-state index contributed by atoms with van der Waals surface area (Å²) in [7, 11) is -3.13. The summed E-state index contributed by atoms with van der Waals surface area (Å²) in [4.78, 5) is 29.1. The van der Waals surface area contributed by atoms with Crippen molar-refractivity contribution in [3.05, 3.63) is 207 Å². The summed E-state index contributed by atoms with van der Waals surface area (Å²) in [6.45, 7) is 19.2. The van der Waals surface area contributed by atoms with Gasteiger partial charge in [0.15, 0.2) is 40.8 Å². The van der Waals surface area contributed by atoms with Gasteiger partial charge in [-0.3, -0.25) is 28.6 Å². The van der Waals surface area contributed by atoms with Gasteiger partial charge >= 0.3 is 0 Å². The van der Waals surface area contributed by atoms with Crippen molar-refractivity contribution in [2.45, 2.75) is 140 Å². The number of imidazole rings is 2. The Morgan fingerprint density at radius 2 is 0.918 bits per heavy atom. The fourth-order valence-corrected chi connectivity index (χ4v) is 18.6. The fraction of sp³-hybridized carbons (Fsp3) is 0.345. The van der Waals surface area contributed by atoms with Crippen LogP contribution in [0.2, 0.25) is 5.15 Å². The minimum Gasteiger partial charge on any atom is -0.397 e. The molecule has 35 heteroatoms. The van der Waals surface area contributed by atoms with E-state index >= 15 is 0 Å². The number of ether oxygens (including phenoxy) is 4. The summed E-state index contributed by atoms with van der Waals surface area (Å²) in [6, 6.07) is 33.6. The Morgan fingerprint density at radius 1 is 0.475 bits per heavy atom. The highest BCUT2D eigenvalue weighted by molar-refractivity contribution is 7.91. The van der Waals surface area contributed by atoms with E-state index in [1.165, 1.54) is 35.7 Å². The summed E-state index contributed by atoms with van der Waals surface area (Å²) in [6.07, 6.45) is 14.7. The normalized spacial score (nSPS) is 15.1. The number of aromatic nitrogens is 16. The number of nitrogens with two attached hydrogens (primary N) is 1. The number of aryl methyl sites for hydroxylation is 9. The molecule has 5 aliphatic heterocycles. The van der Waals surface area contributed by atoms with Crippen LogP contribution in [0.3, 0.4) is 0 Å². The van der Waals surface area contributed by atoms with Gasteiger partial charge in [0.25, 0.3) is 0 Å². The van der Waals surface area contributed by atoms with Crippen molar-refractivity contribution < 1.29 is 44.2 Å². The molecule has 0 amide bonds. The van der Waals surface area contributed by atoms with Crippen molar-refractivity contribution in [2.75, 3.05) is 66.9 Å². The van der Waals surface area contributed by atoms with Gasteiger partial charge in [0, 0.05) is 191 Å². The zero-order chi connectivity index (χ0) is 86.0. The first-order chi connectivity index (χ1) is 58.2. The minimum absolute atomic E-state index is 0.153. The largest absolute Gasteiger partial charge is 0.397 e. The highest BCUT2D eigenvalue weighted by Crippen LogP contribution is 2.42. The minimum atomic E-state index is -3.56. The summed E-state index contributed by atoms with van der Waals surface area (Å²) in [5.41, 5.74) is 30.0. The first kappa shape index (κ1) is 84.0. The van der Waals surface area contributed by atoms with Crippen molar-refractivity contribution in [3.8, 4) is 33.8 Å². The molecule has 0 bridgehead atoms. The number of aliphatic imine (C=N–C) groups is 1. The monoisotopic (exact) mass is 1730 g/mol. The molecule has 1 fully saturated rings. The molecule has 636 valence electrons. The Balaban J connectivity index is 0.000000128. The number of pyridine rings is 3. The van der Waals surface area contributed by atoms with Crippen LogP contribution in [0.1, 0.15) is 106 Å². The fourth-order valence-electron chi connectivity index (χ4n) is 15.8. The molecular weight excluding hydrogens is 1630 g/mol. The number of halogens is 1. The lowest BCUT2D eigenvalue weighted by Crippen LogP contribution is -2.19. The Bertz CT molecular complexity index is 6690. The Labute approximate surface area is 712 Å². The highest BCUT2D eigenvalue weighted by Gasteiger charge is 2.29. The number of fused-ring (bicyclic) bond motifs is 6. The average molecular weight is 1730 g/mol. The first-order valence-corrected chi connectivity index (χ1v) is 46.2. The molecule has 1 unspecified atom stereocenters. The van der Waals surface area contributed by atoms with Crippen LogP contribution in [-0.2, 0) is 135 Å². The van der Waals surface area contributed by atoms with E-state index in [0.717, 1.165) is 167 Å². The van der Waals surface area contributed by atoms with E-state index in [-0.39, 0.29) is 26.1 Å². The Morgan fingerprint density at radius 3 is 1.37 bits per heavy atom. The van der Waals surface area contributed by atoms with Crippen molar-refractivity contribution in [3.63, 3.8) is 0 Å². The summed E-state index contributed by atoms with van der Waals surface area (Å²) in [5.74, 6) is 1.58. The first-order valence-electron chi connectivity index (χ1n) is 40.1. The van der Waals surface area contributed by atoms with Gasteiger partial charge < -0.3 is 58.9 Å². The molecule has 5 N–H and O–H groups in total. The molecule has 0 spiro atoms. The number of nitrogen functional groups attached to an aromatic ring is 1. The van der Waals surface area contributed by atoms with Gasteiger partial charge in [0.1, 0.15) is 39.8 Å². The van der Waals surface area contributed by atoms with E-state index in [0.29, 0.717) is 102 Å². The third-order valence-corrected chi connectivity index (χ3v) is 26.0. The number of nitrogens with zero attached hydrogens (tertiary/aromatic N) is 17. The van der Waals surface area contributed by atoms with Crippen LogP contribution in [-0.4, -0.2) is 153 Å². The van der Waals surface area contributed by atoms with Crippen LogP contribution in [0.15, 0.2) is 147 Å². The van der Waals surface area contributed by atoms with E-state index in [4.69, 9.17) is 61.2 Å². The number of benzene rings is 3. The maximum Gasteiger partial charge on any atom is 0.177 e. The Hall–Kier alpha value is -11.6. The van der Waals surface area contributed by atoms with Crippen molar-refractivity contribution in [1.29, 1.82) is 0 Å². The molecule has 122 heavy (non-hydrogen) atoms. The number of hydrogen-bond donors (Lipinski definition) is 4. The van der Waals surface area contributed by atoms with E-state index in [1.807, 2.05) is 140 Å². The zero-order valence-corrected chi connectivity index (χ0v) is 73.6. The molecule has 3 aromatic carbocycles. The molecule has 11 aromatic heterocycles. The Kier molecular flexibility index (Phi) is 23.4. The molecule has 1 saturated heterocycles. The maximum absolute atomic E-state index is 12.9. The molecule has 19 rings (SSSR count). The lowest BCUT2D eigenvalue weighted by atomic mass is 10.1. The summed E-state index contributed by atoms with van der Waals surface area (Å²) < 4.78 is 115. The van der Waals surface area contributed by atoms with Crippen molar-refractivity contribution in [2.24, 2.45) is 33.2 Å². The number of sulfone groups is 3. The second-order valence-corrected chi connectivity index (χ2v) is 38.1. The van der Waals surface area contributed by atoms with Gasteiger partial charge in [-0.2, -0.15) is 15.3 Å². The summed E-state index contributed by atoms with van der Waals surface area (Å²) >= 11 is 6.40. The van der Waals surface area contributed by atoms with E-state index in [1.54, 1.807) is 56.5 Å². The van der Waals surface area contributed by atoms with Crippen LogP contribution in [0.5, 0.6) is 0 Å². The van der Waals surface area contributed by atoms with Gasteiger partial charge in [-0.25, -0.2) is 45.2 Å². The summed E-state index contributed by atoms with van der Waals surface area (Å²) in [5, 5.41) is 23.8. The smallest absolute Gasteiger partial charge is 0.177 e. The lowest BCUT2D eigenvalue weighted by molar-refractivity contribution is -0.0309. The second kappa shape index (κ2) is 34.0. The molecule has 16 heterocycles. The molecular formula is C87H98ClN21O10S3. The van der Waals surface area contributed by atoms with Gasteiger partial charge in [0.05, 0.1) is 111 Å². The lowest BCUT2D eigenvalue weighted by Gasteiger charge is -2.25. The second-order valence-electron chi connectivity index (χ2n) is 31.8. The number of anilines is 7. The standard InChI is InChI=1S/C28H31N7O3S.C28H30N6O3S.C24H27ClN6O3S.C7H10N2O/c1-17-10-24(32-34(17)4)20-6-7-23(26(13-20)39(5,36)37)31-25-14-21(30-28-27(25)29-18(2)33(28)3)11-19-12-22-16-38-9-8-35(22)15-19;1-17-9-25-28(29-17)26(14-21(30-25)11-19-12-22-16-37-8-7-34(22)15-19)31-23-6-5-20(13-27(23)38(4,35)36)24-10-18(2)33(3)32-24;1-14-11-18(29-30(14)3)16-8-9-17(20(12-16)35(4,32)33)27-19-13-21(25)28-24-23(19)26-15(2)31(24)22-7-5-6-10-34-22;8-6-3-7-5-10-2-1-9(7)4-6/h6-7,10,12-15H,8-9,11,16H2,1-5H3,(H,30,31);5-6,10,12-15H,7-9,11,16H2,1-4H3,(H,30,31);8-9,11-13,22H,5-7,10H2,1-4H3,(H,27,28);3-4H,1-2,5,8H2. The van der Waals surface area contributed by atoms with E-state index in [2.05, 4.69) is 74.5 Å². The number of rotatable bonds is 17. The number of hydrogen-bond acceptors (Lipinski definition) is 23. The highest BCUT2D eigenvalue weighted by atomic mass is 35.5. The SMILES string of the molecule is CC1=Nc2c(Nc3ccc(-c4cc(C)n(C)n4)cc3S(C)(=O)=O)cc(Cc3cc4n(c3)CCOC4)nc2C1.Cc1cc(-c2ccc(Nc3cc(Cc4cc5n(c4)CCOC5)nc4c3nc(C)n4C)c(S(C)(=O)=O)c2)nn1C.Cc1cc(-c2ccc(Nc3cc(Cl)nc4c3nc(C)n4C3CCCCO3)c(S(C)(=O)=O)c2)nn1C.Nc1cc2n(c1)CCOC2. The van der Waals surface area contributed by atoms with Gasteiger partial charge in [-0.15, -0.1) is 0 Å². The van der Waals surface area contributed by atoms with Crippen molar-refractivity contribution in [1.82, 2.24) is 77.1 Å². The molecule has 14 aromatic rings. The van der Waals surface area contributed by atoms with Crippen LogP contribution in [0.25, 0.3) is 56.1 Å². The maximum atomic E-state index is 12.9. The quantitative estimate of drug-likeness (QED) is 0.0615. The molecule has 1 atom stereocenters. The van der Waals surface area contributed by atoms with Crippen LogP contribution in [0, 0.1) is 34.6 Å². The molecule has 0 radical (unpaired) electrons. The van der Waals surface area contributed by atoms with E-state index < -0.39 is 29.5 Å². The van der Waals surface area contributed by atoms with Crippen LogP contribution < -0.4 is 21.7 Å². The number of nitrogens with one attached hydrogen (secondary N) is 3. The molecule has 5 aliphatic rings.